The Balaban J connectivity index is 0.762. The molecule has 24 nitrogen and oxygen atoms in total. The summed E-state index contributed by atoms with van der Waals surface area (Å²) in [6.45, 7) is 1.60. The highest BCUT2D eigenvalue weighted by molar-refractivity contribution is 7.99. The minimum absolute atomic E-state index is 0.0137. The van der Waals surface area contributed by atoms with E-state index in [-0.39, 0.29) is 37.7 Å². The van der Waals surface area contributed by atoms with Crippen LogP contribution in [0.5, 0.6) is 0 Å². The molecular formula is C59H73N5O19S6. The minimum Gasteiger partial charge on any atom is -0.477 e. The number of carboxylic acid groups (broad SMARTS) is 1. The number of hydrogen-bond acceptors (Lipinski definition) is 24. The molecule has 2 saturated heterocycles. The Kier molecular flexibility index (Phi) is 27.3. The van der Waals surface area contributed by atoms with Crippen LogP contribution in [-0.2, 0) is 38.1 Å². The molecule has 5 amide bonds. The van der Waals surface area contributed by atoms with E-state index in [0.717, 1.165) is 26.4 Å². The summed E-state index contributed by atoms with van der Waals surface area (Å²) < 4.78 is 23.4. The molecule has 0 saturated carbocycles. The van der Waals surface area contributed by atoms with Crippen LogP contribution in [0.25, 0.3) is 19.5 Å². The first-order valence-corrected chi connectivity index (χ1v) is 34.2. The number of aliphatic carboxylic acids is 1. The number of ether oxygens (including phenoxy) is 4. The Morgan fingerprint density at radius 2 is 1.11 bits per heavy atom. The number of thiophene rings is 4. The topological polar surface area (TPSA) is 375 Å². The van der Waals surface area contributed by atoms with Gasteiger partial charge in [0.15, 0.2) is 12.1 Å². The number of aldehydes is 1. The monoisotopic (exact) mass is 1350 g/mol. The van der Waals surface area contributed by atoms with E-state index in [0.29, 0.717) is 76.0 Å². The Morgan fingerprint density at radius 1 is 0.618 bits per heavy atom. The summed E-state index contributed by atoms with van der Waals surface area (Å²) in [6.07, 6.45) is -12.5. The van der Waals surface area contributed by atoms with E-state index in [4.69, 9.17) is 18.9 Å². The molecule has 2 aliphatic rings. The number of ketones is 1. The molecule has 0 aliphatic carbocycles. The predicted molar refractivity (Wildman–Crippen MR) is 337 cm³/mol. The summed E-state index contributed by atoms with van der Waals surface area (Å²) in [5.41, 5.74) is 0.777. The molecule has 12 atom stereocenters. The SMILES string of the molecule is CC(=O)N[C@H]1[C@H]([C@H](O)[C@H](O)CNC(=O)c2ccc(-c3cccs3)s2)O[C@](C=O)(OCCCSCCNC(=O)c2ccc(C(=O)CCCSCCCO[C@]3(C(=O)O)C[C@H](O)[C@@H](NC(C)=O)[C@H]([C@H](O)[C@@H](O)CNC(=O)c4ccc(-c5cccs5)s4)O3)cc2)C[C@@H]1O. The van der Waals surface area contributed by atoms with Gasteiger partial charge in [-0.25, -0.2) is 4.79 Å². The van der Waals surface area contributed by atoms with Gasteiger partial charge in [0.05, 0.1) is 59.5 Å². The van der Waals surface area contributed by atoms with E-state index in [1.807, 2.05) is 41.1 Å². The summed E-state index contributed by atoms with van der Waals surface area (Å²) in [6, 6.07) is 18.2. The second kappa shape index (κ2) is 34.2. The summed E-state index contributed by atoms with van der Waals surface area (Å²) in [7, 11) is 0. The number of amides is 5. The highest BCUT2D eigenvalue weighted by atomic mass is 32.2. The Hall–Kier alpha value is -5.52. The zero-order valence-corrected chi connectivity index (χ0v) is 53.4. The van der Waals surface area contributed by atoms with Crippen molar-refractivity contribution < 1.29 is 93.0 Å². The number of nitrogens with one attached hydrogen (secondary N) is 5. The summed E-state index contributed by atoms with van der Waals surface area (Å²) in [4.78, 5) is 106. The average molecular weight is 1350 g/mol. The molecule has 484 valence electrons. The van der Waals surface area contributed by atoms with Gasteiger partial charge in [0.1, 0.15) is 24.4 Å². The Bertz CT molecular complexity index is 3130. The molecule has 7 rings (SSSR count). The first kappa shape index (κ1) is 70.9. The molecule has 0 bridgehead atoms. The van der Waals surface area contributed by atoms with Gasteiger partial charge < -0.3 is 81.3 Å². The first-order valence-electron chi connectivity index (χ1n) is 28.5. The van der Waals surface area contributed by atoms with Crippen molar-refractivity contribution in [2.45, 2.75) is 125 Å². The largest absolute Gasteiger partial charge is 0.477 e. The highest BCUT2D eigenvalue weighted by Gasteiger charge is 2.56. The van der Waals surface area contributed by atoms with Gasteiger partial charge in [0, 0.05) is 89.1 Å². The normalized spacial score (nSPS) is 23.1. The van der Waals surface area contributed by atoms with E-state index in [2.05, 4.69) is 26.6 Å². The van der Waals surface area contributed by atoms with Gasteiger partial charge in [-0.1, -0.05) is 24.3 Å². The van der Waals surface area contributed by atoms with E-state index in [9.17, 15) is 74.1 Å². The predicted octanol–water partition coefficient (Wildman–Crippen LogP) is 3.53. The summed E-state index contributed by atoms with van der Waals surface area (Å²) in [5.74, 6) is -6.64. The van der Waals surface area contributed by atoms with Crippen LogP contribution in [0.1, 0.15) is 92.4 Å². The van der Waals surface area contributed by atoms with Crippen molar-refractivity contribution in [2.75, 3.05) is 55.9 Å². The summed E-state index contributed by atoms with van der Waals surface area (Å²) in [5, 5.41) is 93.8. The Morgan fingerprint density at radius 3 is 1.62 bits per heavy atom. The van der Waals surface area contributed by atoms with Crippen molar-refractivity contribution >= 4 is 116 Å². The third-order valence-electron chi connectivity index (χ3n) is 14.2. The van der Waals surface area contributed by atoms with Crippen molar-refractivity contribution in [1.29, 1.82) is 0 Å². The van der Waals surface area contributed by atoms with Crippen molar-refractivity contribution in [3.05, 3.63) is 104 Å². The van der Waals surface area contributed by atoms with Crippen LogP contribution in [0.4, 0.5) is 0 Å². The Labute approximate surface area is 537 Å². The van der Waals surface area contributed by atoms with E-state index >= 15 is 0 Å². The van der Waals surface area contributed by atoms with Crippen LogP contribution in [0.3, 0.4) is 0 Å². The maximum absolute atomic E-state index is 13.0. The lowest BCUT2D eigenvalue weighted by atomic mass is 9.88. The lowest BCUT2D eigenvalue weighted by Crippen LogP contribution is -2.68. The van der Waals surface area contributed by atoms with Gasteiger partial charge in [0.25, 0.3) is 23.5 Å². The maximum Gasteiger partial charge on any atom is 0.364 e. The number of carbonyl (C=O) groups is 8. The molecule has 4 aromatic heterocycles. The molecule has 2 fully saturated rings. The van der Waals surface area contributed by atoms with Gasteiger partial charge in [-0.3, -0.25) is 33.6 Å². The van der Waals surface area contributed by atoms with Gasteiger partial charge in [-0.2, -0.15) is 23.5 Å². The standard InChI is InChI=1S/C59H73N5O19S6/c1-33(66)63-48-38(69)28-58(32-65,82-52(48)50(73)40(71)30-61-55(76)46-17-15-44(88-46)42-9-4-25-86-42)80-20-6-24-85-27-19-60-54(75)36-13-11-35(12-14-36)37(68)8-3-22-84-23-7-21-81-59(57(78)79)29-39(70)49(64-34(2)67)53(83-59)51(74)41(72)31-62-56(77)47-18-16-45(89-47)43-10-5-26-87-43/h4-5,9-18,25-26,32,38-41,48-53,69-74H,3,6-8,19-24,27-31H2,1-2H3,(H,60,75)(H,61,76)(H,62,77)(H,63,66)(H,64,67)(H,78,79)/t38-,39-,40+,41-,48+,49+,50+,51+,52+,53+,58+,59+/m0/s1. The van der Waals surface area contributed by atoms with Crippen LogP contribution in [0.2, 0.25) is 0 Å². The molecule has 12 N–H and O–H groups in total. The second-order valence-corrected chi connectivity index (χ2v) is 27.5. The fourth-order valence-electron chi connectivity index (χ4n) is 9.74. The smallest absolute Gasteiger partial charge is 0.364 e. The van der Waals surface area contributed by atoms with Gasteiger partial charge in [-0.15, -0.1) is 45.3 Å². The lowest BCUT2D eigenvalue weighted by molar-refractivity contribution is -0.310. The zero-order chi connectivity index (χ0) is 64.3. The molecule has 0 unspecified atom stereocenters. The maximum atomic E-state index is 13.0. The molecule has 0 radical (unpaired) electrons. The number of carbonyl (C=O) groups excluding carboxylic acids is 7. The van der Waals surface area contributed by atoms with E-state index < -0.39 is 122 Å². The molecule has 2 aliphatic heterocycles. The van der Waals surface area contributed by atoms with Crippen LogP contribution in [-0.4, -0.2) is 212 Å². The molecule has 5 aromatic rings. The fourth-order valence-corrected chi connectivity index (χ4v) is 14.9. The third kappa shape index (κ3) is 20.0. The number of aliphatic hydroxyl groups excluding tert-OH is 6. The minimum atomic E-state index is -2.46. The van der Waals surface area contributed by atoms with Gasteiger partial charge >= 0.3 is 5.97 Å². The number of carboxylic acids is 1. The molecule has 0 spiro atoms. The number of benzene rings is 1. The molecular weight excluding hydrogens is 1280 g/mol. The first-order chi connectivity index (χ1) is 42.6. The van der Waals surface area contributed by atoms with Gasteiger partial charge in [0.2, 0.25) is 17.6 Å². The van der Waals surface area contributed by atoms with Crippen molar-refractivity contribution in [3.63, 3.8) is 0 Å². The number of thioether (sulfide) groups is 2. The third-order valence-corrected chi connectivity index (χ3v) is 20.8. The molecule has 89 heavy (non-hydrogen) atoms. The highest BCUT2D eigenvalue weighted by Crippen LogP contribution is 2.37. The number of hydrogen-bond donors (Lipinski definition) is 12. The van der Waals surface area contributed by atoms with Crippen molar-refractivity contribution in [1.82, 2.24) is 26.6 Å². The number of aliphatic hydroxyl groups is 6. The van der Waals surface area contributed by atoms with Gasteiger partial charge in [-0.05, 0) is 95.8 Å². The van der Waals surface area contributed by atoms with Crippen LogP contribution < -0.4 is 26.6 Å². The number of Topliss-reactive ketones (excluding diaryl/α,β-unsaturated/α-hetero) is 1. The summed E-state index contributed by atoms with van der Waals surface area (Å²) >= 11 is 8.52. The van der Waals surface area contributed by atoms with Crippen molar-refractivity contribution in [3.8, 4) is 19.5 Å². The van der Waals surface area contributed by atoms with Crippen LogP contribution in [0.15, 0.2) is 83.6 Å². The lowest BCUT2D eigenvalue weighted by Gasteiger charge is -2.46. The van der Waals surface area contributed by atoms with Crippen LogP contribution >= 0.6 is 68.9 Å². The fraction of sp³-hybridized carbons (Fsp3) is 0.492. The molecule has 30 heteroatoms. The molecule has 1 aromatic carbocycles. The quantitative estimate of drug-likeness (QED) is 0.0157. The van der Waals surface area contributed by atoms with Crippen LogP contribution in [0, 0.1) is 0 Å². The van der Waals surface area contributed by atoms with E-state index in [1.54, 1.807) is 42.5 Å². The van der Waals surface area contributed by atoms with E-state index in [1.165, 1.54) is 75.8 Å². The number of rotatable bonds is 35. The zero-order valence-electron chi connectivity index (χ0n) is 48.5. The van der Waals surface area contributed by atoms with Crippen molar-refractivity contribution in [2.24, 2.45) is 0 Å². The second-order valence-electron chi connectivity index (χ2n) is 21.0. The molecule has 6 heterocycles. The average Bonchev–Trinajstić information content (AvgIpc) is 3.25.